The van der Waals surface area contributed by atoms with E-state index in [2.05, 4.69) is 66.1 Å². The lowest BCUT2D eigenvalue weighted by Crippen LogP contribution is -2.52. The molecule has 0 saturated carbocycles. The highest BCUT2D eigenvalue weighted by Crippen LogP contribution is 2.31. The monoisotopic (exact) mass is 424 g/mol. The maximum absolute atomic E-state index is 5.31. The molecule has 4 aromatic rings. The molecule has 1 aromatic heterocycles. The van der Waals surface area contributed by atoms with Crippen LogP contribution in [0.4, 0.5) is 11.5 Å². The number of nitrogens with zero attached hydrogens (tertiary/aromatic N) is 4. The van der Waals surface area contributed by atoms with Crippen LogP contribution in [0.1, 0.15) is 12.5 Å². The first-order valence-corrected chi connectivity index (χ1v) is 11.1. The summed E-state index contributed by atoms with van der Waals surface area (Å²) in [5.74, 6) is 2.59. The van der Waals surface area contributed by atoms with Crippen molar-refractivity contribution in [2.24, 2.45) is 0 Å². The van der Waals surface area contributed by atoms with Crippen LogP contribution < -0.4 is 14.5 Å². The number of rotatable bonds is 4. The van der Waals surface area contributed by atoms with Crippen molar-refractivity contribution in [2.45, 2.75) is 19.9 Å². The minimum absolute atomic E-state index is 0.378. The molecule has 5 heteroatoms. The number of para-hydroxylation sites is 1. The average molecular weight is 425 g/mol. The van der Waals surface area contributed by atoms with Gasteiger partial charge in [0.05, 0.1) is 12.6 Å². The molecule has 1 saturated heterocycles. The largest absolute Gasteiger partial charge is 0.497 e. The molecule has 32 heavy (non-hydrogen) atoms. The molecule has 0 radical (unpaired) electrons. The summed E-state index contributed by atoms with van der Waals surface area (Å²) in [6.07, 6.45) is 0. The van der Waals surface area contributed by atoms with Crippen molar-refractivity contribution in [2.75, 3.05) is 36.5 Å². The number of fused-ring (bicyclic) bond motifs is 1. The Bertz CT molecular complexity index is 1240. The number of hydrogen-bond donors (Lipinski definition) is 0. The van der Waals surface area contributed by atoms with Crippen LogP contribution in [0.3, 0.4) is 0 Å². The summed E-state index contributed by atoms with van der Waals surface area (Å²) in [6, 6.07) is 25.4. The molecule has 1 aliphatic rings. The van der Waals surface area contributed by atoms with Crippen molar-refractivity contribution in [3.63, 3.8) is 0 Å². The van der Waals surface area contributed by atoms with Gasteiger partial charge >= 0.3 is 0 Å². The Morgan fingerprint density at radius 2 is 1.72 bits per heavy atom. The highest BCUT2D eigenvalue weighted by Gasteiger charge is 2.26. The predicted octanol–water partition coefficient (Wildman–Crippen LogP) is 5.33. The summed E-state index contributed by atoms with van der Waals surface area (Å²) in [5.41, 5.74) is 4.55. The van der Waals surface area contributed by atoms with E-state index in [9.17, 15) is 0 Å². The zero-order chi connectivity index (χ0) is 22.1. The zero-order valence-corrected chi connectivity index (χ0v) is 18.8. The molecular weight excluding hydrogens is 396 g/mol. The van der Waals surface area contributed by atoms with Gasteiger partial charge in [0, 0.05) is 42.3 Å². The number of benzene rings is 3. The molecule has 5 nitrogen and oxygen atoms in total. The van der Waals surface area contributed by atoms with Crippen LogP contribution in [0.5, 0.6) is 5.75 Å². The number of aryl methyl sites for hydroxylation is 1. The first kappa shape index (κ1) is 20.3. The van der Waals surface area contributed by atoms with E-state index in [0.717, 1.165) is 53.5 Å². The molecule has 0 aliphatic carbocycles. The second kappa shape index (κ2) is 8.50. The van der Waals surface area contributed by atoms with E-state index in [4.69, 9.17) is 14.7 Å². The van der Waals surface area contributed by atoms with Gasteiger partial charge in [0.15, 0.2) is 5.82 Å². The summed E-state index contributed by atoms with van der Waals surface area (Å²) in [5, 5.41) is 1.10. The minimum atomic E-state index is 0.378. The van der Waals surface area contributed by atoms with Crippen LogP contribution in [0.25, 0.3) is 22.3 Å². The number of anilines is 2. The second-order valence-electron chi connectivity index (χ2n) is 8.44. The summed E-state index contributed by atoms with van der Waals surface area (Å²) in [7, 11) is 1.68. The molecule has 0 N–H and O–H groups in total. The van der Waals surface area contributed by atoms with Gasteiger partial charge in [0.1, 0.15) is 11.6 Å². The average Bonchev–Trinajstić information content (AvgIpc) is 2.83. The van der Waals surface area contributed by atoms with Crippen molar-refractivity contribution < 1.29 is 4.74 Å². The molecule has 1 fully saturated rings. The van der Waals surface area contributed by atoms with Gasteiger partial charge < -0.3 is 14.5 Å². The maximum Gasteiger partial charge on any atom is 0.162 e. The Labute approximate surface area is 189 Å². The smallest absolute Gasteiger partial charge is 0.162 e. The SMILES string of the molecule is COc1ccc(-c2nc(N3CCN(c4cccc(C)c4)[C@H](C)C3)c3ccccc3n2)cc1. The topological polar surface area (TPSA) is 41.5 Å². The molecule has 0 spiro atoms. The van der Waals surface area contributed by atoms with E-state index in [1.54, 1.807) is 7.11 Å². The van der Waals surface area contributed by atoms with Crippen LogP contribution in [-0.4, -0.2) is 42.8 Å². The van der Waals surface area contributed by atoms with E-state index < -0.39 is 0 Å². The van der Waals surface area contributed by atoms with E-state index in [1.807, 2.05) is 30.3 Å². The Kier molecular flexibility index (Phi) is 5.39. The zero-order valence-electron chi connectivity index (χ0n) is 18.8. The van der Waals surface area contributed by atoms with E-state index in [1.165, 1.54) is 11.3 Å². The molecule has 0 bridgehead atoms. The van der Waals surface area contributed by atoms with Crippen molar-refractivity contribution in [3.05, 3.63) is 78.4 Å². The fraction of sp³-hybridized carbons (Fsp3) is 0.259. The molecule has 5 rings (SSSR count). The van der Waals surface area contributed by atoms with Crippen molar-refractivity contribution >= 4 is 22.4 Å². The highest BCUT2D eigenvalue weighted by atomic mass is 16.5. The standard InChI is InChI=1S/C27H28N4O/c1-19-7-6-8-22(17-19)31-16-15-30(18-20(31)2)27-24-9-4-5-10-25(24)28-26(29-27)21-11-13-23(32-3)14-12-21/h4-14,17,20H,15-16,18H2,1-3H3/t20-/m1/s1. The van der Waals surface area contributed by atoms with Gasteiger partial charge in [-0.15, -0.1) is 0 Å². The third-order valence-electron chi connectivity index (χ3n) is 6.19. The summed E-state index contributed by atoms with van der Waals surface area (Å²) in [4.78, 5) is 14.8. The maximum atomic E-state index is 5.31. The van der Waals surface area contributed by atoms with Crippen LogP contribution in [0, 0.1) is 6.92 Å². The molecule has 1 atom stereocenters. The van der Waals surface area contributed by atoms with E-state index in [-0.39, 0.29) is 0 Å². The summed E-state index contributed by atoms with van der Waals surface area (Å²) < 4.78 is 5.31. The molecule has 0 unspecified atom stereocenters. The number of aromatic nitrogens is 2. The van der Waals surface area contributed by atoms with Gasteiger partial charge in [-0.3, -0.25) is 0 Å². The molecule has 0 amide bonds. The van der Waals surface area contributed by atoms with Crippen molar-refractivity contribution in [1.82, 2.24) is 9.97 Å². The minimum Gasteiger partial charge on any atom is -0.497 e. The Morgan fingerprint density at radius 1 is 0.906 bits per heavy atom. The highest BCUT2D eigenvalue weighted by molar-refractivity contribution is 5.91. The van der Waals surface area contributed by atoms with Crippen molar-refractivity contribution in [3.8, 4) is 17.1 Å². The van der Waals surface area contributed by atoms with Gasteiger partial charge in [-0.2, -0.15) is 0 Å². The third-order valence-corrected chi connectivity index (χ3v) is 6.19. The lowest BCUT2D eigenvalue weighted by Gasteiger charge is -2.42. The van der Waals surface area contributed by atoms with Crippen LogP contribution in [0.15, 0.2) is 72.8 Å². The molecule has 162 valence electrons. The van der Waals surface area contributed by atoms with Gasteiger partial charge in [-0.25, -0.2) is 9.97 Å². The van der Waals surface area contributed by atoms with Gasteiger partial charge in [0.2, 0.25) is 0 Å². The fourth-order valence-electron chi connectivity index (χ4n) is 4.51. The molecule has 3 aromatic carbocycles. The van der Waals surface area contributed by atoms with Gasteiger partial charge in [-0.05, 0) is 67.9 Å². The second-order valence-corrected chi connectivity index (χ2v) is 8.44. The van der Waals surface area contributed by atoms with Gasteiger partial charge in [0.25, 0.3) is 0 Å². The predicted molar refractivity (Wildman–Crippen MR) is 132 cm³/mol. The van der Waals surface area contributed by atoms with E-state index in [0.29, 0.717) is 6.04 Å². The number of methoxy groups -OCH3 is 1. The van der Waals surface area contributed by atoms with Gasteiger partial charge in [-0.1, -0.05) is 24.3 Å². The first-order chi connectivity index (χ1) is 15.6. The fourth-order valence-corrected chi connectivity index (χ4v) is 4.51. The van der Waals surface area contributed by atoms with Crippen molar-refractivity contribution in [1.29, 1.82) is 0 Å². The summed E-state index contributed by atoms with van der Waals surface area (Å²) >= 11 is 0. The Hall–Kier alpha value is -3.60. The lowest BCUT2D eigenvalue weighted by atomic mass is 10.1. The summed E-state index contributed by atoms with van der Waals surface area (Å²) in [6.45, 7) is 7.24. The Morgan fingerprint density at radius 3 is 2.47 bits per heavy atom. The number of hydrogen-bond acceptors (Lipinski definition) is 5. The normalized spacial score (nSPS) is 16.4. The Balaban J connectivity index is 1.49. The van der Waals surface area contributed by atoms with Crippen LogP contribution in [-0.2, 0) is 0 Å². The first-order valence-electron chi connectivity index (χ1n) is 11.1. The van der Waals surface area contributed by atoms with Crippen LogP contribution in [0.2, 0.25) is 0 Å². The molecule has 2 heterocycles. The number of ether oxygens (including phenoxy) is 1. The van der Waals surface area contributed by atoms with E-state index >= 15 is 0 Å². The molecular formula is C27H28N4O. The third kappa shape index (κ3) is 3.86. The van der Waals surface area contributed by atoms with Crippen LogP contribution >= 0.6 is 0 Å². The number of piperazine rings is 1. The molecule has 1 aliphatic heterocycles. The lowest BCUT2D eigenvalue weighted by molar-refractivity contribution is 0.415. The quantitative estimate of drug-likeness (QED) is 0.443.